The zero-order valence-corrected chi connectivity index (χ0v) is 12.1. The molecule has 0 bridgehead atoms. The Morgan fingerprint density at radius 1 is 1.47 bits per heavy atom. The Morgan fingerprint density at radius 2 is 2.21 bits per heavy atom. The Kier molecular flexibility index (Phi) is 6.36. The summed E-state index contributed by atoms with van der Waals surface area (Å²) < 4.78 is 5.17. The first-order valence-corrected chi connectivity index (χ1v) is 6.77. The highest BCUT2D eigenvalue weighted by molar-refractivity contribution is 5.93. The van der Waals surface area contributed by atoms with E-state index in [1.54, 1.807) is 12.0 Å². The van der Waals surface area contributed by atoms with Gasteiger partial charge in [0.25, 0.3) is 0 Å². The van der Waals surface area contributed by atoms with Gasteiger partial charge in [-0.25, -0.2) is 0 Å². The van der Waals surface area contributed by atoms with Gasteiger partial charge in [0, 0.05) is 31.5 Å². The minimum atomic E-state index is 0.105. The number of nitrogen functional groups attached to an aromatic ring is 1. The van der Waals surface area contributed by atoms with Crippen molar-refractivity contribution in [2.24, 2.45) is 0 Å². The first-order valence-electron chi connectivity index (χ1n) is 6.77. The van der Waals surface area contributed by atoms with Gasteiger partial charge in [0.05, 0.1) is 6.10 Å². The normalized spacial score (nSPS) is 12.2. The van der Waals surface area contributed by atoms with Crippen LogP contribution in [-0.4, -0.2) is 25.7 Å². The van der Waals surface area contributed by atoms with Gasteiger partial charge in [-0.2, -0.15) is 0 Å². The van der Waals surface area contributed by atoms with Gasteiger partial charge >= 0.3 is 0 Å². The minimum Gasteiger partial charge on any atom is -0.399 e. The number of rotatable bonds is 7. The van der Waals surface area contributed by atoms with Crippen molar-refractivity contribution in [1.29, 1.82) is 0 Å². The van der Waals surface area contributed by atoms with Crippen LogP contribution >= 0.6 is 0 Å². The SMILES string of the molecule is CCCN(C(=O)CCC(C)OC)c1cccc(N)c1. The van der Waals surface area contributed by atoms with E-state index < -0.39 is 0 Å². The molecule has 0 saturated heterocycles. The van der Waals surface area contributed by atoms with Crippen LogP contribution in [0.1, 0.15) is 33.1 Å². The Balaban J connectivity index is 2.74. The molecule has 1 atom stereocenters. The lowest BCUT2D eigenvalue weighted by molar-refractivity contribution is -0.119. The van der Waals surface area contributed by atoms with Gasteiger partial charge in [0.1, 0.15) is 0 Å². The molecule has 4 heteroatoms. The lowest BCUT2D eigenvalue weighted by Crippen LogP contribution is -2.32. The van der Waals surface area contributed by atoms with Crippen molar-refractivity contribution in [3.63, 3.8) is 0 Å². The van der Waals surface area contributed by atoms with Crippen molar-refractivity contribution in [2.75, 3.05) is 24.3 Å². The molecule has 4 nitrogen and oxygen atoms in total. The molecule has 0 spiro atoms. The molecule has 0 aliphatic heterocycles. The van der Waals surface area contributed by atoms with Crippen LogP contribution in [0.15, 0.2) is 24.3 Å². The maximum Gasteiger partial charge on any atom is 0.227 e. The summed E-state index contributed by atoms with van der Waals surface area (Å²) in [5, 5.41) is 0. The molecule has 0 saturated carbocycles. The highest BCUT2D eigenvalue weighted by atomic mass is 16.5. The number of nitrogens with zero attached hydrogens (tertiary/aromatic N) is 1. The molecule has 1 rings (SSSR count). The second-order valence-electron chi connectivity index (χ2n) is 4.73. The number of nitrogens with two attached hydrogens (primary N) is 1. The summed E-state index contributed by atoms with van der Waals surface area (Å²) >= 11 is 0. The molecule has 0 aliphatic rings. The Hall–Kier alpha value is -1.55. The molecule has 0 aliphatic carbocycles. The van der Waals surface area contributed by atoms with Gasteiger partial charge in [0.15, 0.2) is 0 Å². The number of carbonyl (C=O) groups excluding carboxylic acids is 1. The van der Waals surface area contributed by atoms with Gasteiger partial charge in [-0.15, -0.1) is 0 Å². The standard InChI is InChI=1S/C15H24N2O2/c1-4-10-17(14-7-5-6-13(16)11-14)15(18)9-8-12(2)19-3/h5-7,11-12H,4,8-10,16H2,1-3H3. The molecule has 0 radical (unpaired) electrons. The predicted octanol–water partition coefficient (Wildman–Crippen LogP) is 2.83. The number of ether oxygens (including phenoxy) is 1. The fraction of sp³-hybridized carbons (Fsp3) is 0.533. The first kappa shape index (κ1) is 15.5. The number of hydrogen-bond acceptors (Lipinski definition) is 3. The maximum absolute atomic E-state index is 12.3. The Labute approximate surface area is 115 Å². The van der Waals surface area contributed by atoms with E-state index >= 15 is 0 Å². The molecular weight excluding hydrogens is 240 g/mol. The fourth-order valence-electron chi connectivity index (χ4n) is 1.89. The summed E-state index contributed by atoms with van der Waals surface area (Å²) in [6.45, 7) is 4.74. The van der Waals surface area contributed by atoms with Gasteiger partial charge in [-0.3, -0.25) is 4.79 Å². The van der Waals surface area contributed by atoms with Crippen molar-refractivity contribution in [3.8, 4) is 0 Å². The van der Waals surface area contributed by atoms with E-state index in [2.05, 4.69) is 6.92 Å². The lowest BCUT2D eigenvalue weighted by Gasteiger charge is -2.23. The number of amides is 1. The number of methoxy groups -OCH3 is 1. The van der Waals surface area contributed by atoms with E-state index in [1.807, 2.05) is 31.2 Å². The Morgan fingerprint density at radius 3 is 2.79 bits per heavy atom. The molecular formula is C15H24N2O2. The number of carbonyl (C=O) groups is 1. The largest absolute Gasteiger partial charge is 0.399 e. The highest BCUT2D eigenvalue weighted by Crippen LogP contribution is 2.19. The van der Waals surface area contributed by atoms with Crippen molar-refractivity contribution < 1.29 is 9.53 Å². The summed E-state index contributed by atoms with van der Waals surface area (Å²) in [6.07, 6.45) is 2.25. The molecule has 1 aromatic rings. The summed E-state index contributed by atoms with van der Waals surface area (Å²) in [5.74, 6) is 0.122. The second kappa shape index (κ2) is 7.79. The molecule has 106 valence electrons. The smallest absolute Gasteiger partial charge is 0.227 e. The quantitative estimate of drug-likeness (QED) is 0.770. The molecule has 1 aromatic carbocycles. The first-order chi connectivity index (χ1) is 9.08. The third kappa shape index (κ3) is 4.91. The van der Waals surface area contributed by atoms with Gasteiger partial charge < -0.3 is 15.4 Å². The monoisotopic (exact) mass is 264 g/mol. The third-order valence-corrected chi connectivity index (χ3v) is 3.10. The summed E-state index contributed by atoms with van der Waals surface area (Å²) in [4.78, 5) is 14.1. The van der Waals surface area contributed by atoms with E-state index in [0.717, 1.165) is 18.5 Å². The van der Waals surface area contributed by atoms with E-state index in [0.29, 0.717) is 18.7 Å². The minimum absolute atomic E-state index is 0.105. The van der Waals surface area contributed by atoms with Gasteiger partial charge in [-0.05, 0) is 38.0 Å². The van der Waals surface area contributed by atoms with Gasteiger partial charge in [0.2, 0.25) is 5.91 Å². The molecule has 0 aromatic heterocycles. The number of benzene rings is 1. The van der Waals surface area contributed by atoms with E-state index in [-0.39, 0.29) is 12.0 Å². The summed E-state index contributed by atoms with van der Waals surface area (Å²) in [6, 6.07) is 7.46. The Bertz CT molecular complexity index is 407. The molecule has 0 fully saturated rings. The fourth-order valence-corrected chi connectivity index (χ4v) is 1.89. The molecule has 1 unspecified atom stereocenters. The average molecular weight is 264 g/mol. The summed E-state index contributed by atoms with van der Waals surface area (Å²) in [5.41, 5.74) is 7.33. The maximum atomic E-state index is 12.3. The molecule has 2 N–H and O–H groups in total. The third-order valence-electron chi connectivity index (χ3n) is 3.10. The second-order valence-corrected chi connectivity index (χ2v) is 4.73. The van der Waals surface area contributed by atoms with Crippen molar-refractivity contribution >= 4 is 17.3 Å². The summed E-state index contributed by atoms with van der Waals surface area (Å²) in [7, 11) is 1.66. The molecule has 0 heterocycles. The average Bonchev–Trinajstić information content (AvgIpc) is 2.41. The van der Waals surface area contributed by atoms with E-state index in [4.69, 9.17) is 10.5 Å². The topological polar surface area (TPSA) is 55.6 Å². The van der Waals surface area contributed by atoms with Crippen molar-refractivity contribution in [3.05, 3.63) is 24.3 Å². The zero-order chi connectivity index (χ0) is 14.3. The van der Waals surface area contributed by atoms with Crippen LogP contribution in [0.4, 0.5) is 11.4 Å². The molecule has 19 heavy (non-hydrogen) atoms. The van der Waals surface area contributed by atoms with Crippen LogP contribution in [0.25, 0.3) is 0 Å². The number of hydrogen-bond donors (Lipinski definition) is 1. The number of anilines is 2. The van der Waals surface area contributed by atoms with Crippen LogP contribution in [0.2, 0.25) is 0 Å². The van der Waals surface area contributed by atoms with E-state index in [1.165, 1.54) is 0 Å². The van der Waals surface area contributed by atoms with Crippen molar-refractivity contribution in [2.45, 2.75) is 39.2 Å². The van der Waals surface area contributed by atoms with Gasteiger partial charge in [-0.1, -0.05) is 13.0 Å². The van der Waals surface area contributed by atoms with E-state index in [9.17, 15) is 4.79 Å². The predicted molar refractivity (Wildman–Crippen MR) is 79.2 cm³/mol. The molecule has 1 amide bonds. The highest BCUT2D eigenvalue weighted by Gasteiger charge is 2.15. The van der Waals surface area contributed by atoms with Crippen LogP contribution in [-0.2, 0) is 9.53 Å². The zero-order valence-electron chi connectivity index (χ0n) is 12.1. The van der Waals surface area contributed by atoms with Crippen LogP contribution in [0, 0.1) is 0 Å². The van der Waals surface area contributed by atoms with Crippen LogP contribution < -0.4 is 10.6 Å². The van der Waals surface area contributed by atoms with Crippen LogP contribution in [0.3, 0.4) is 0 Å². The van der Waals surface area contributed by atoms with Crippen LogP contribution in [0.5, 0.6) is 0 Å². The lowest BCUT2D eigenvalue weighted by atomic mass is 10.1. The van der Waals surface area contributed by atoms with Crippen molar-refractivity contribution in [1.82, 2.24) is 0 Å².